The van der Waals surface area contributed by atoms with Gasteiger partial charge in [-0.2, -0.15) is 0 Å². The molecule has 0 saturated heterocycles. The Bertz CT molecular complexity index is 687. The highest BCUT2D eigenvalue weighted by molar-refractivity contribution is 9.10. The van der Waals surface area contributed by atoms with Gasteiger partial charge in [0.25, 0.3) is 0 Å². The van der Waals surface area contributed by atoms with Crippen molar-refractivity contribution in [3.8, 4) is 0 Å². The zero-order valence-electron chi connectivity index (χ0n) is 10.0. The van der Waals surface area contributed by atoms with Crippen molar-refractivity contribution in [2.45, 2.75) is 6.04 Å². The summed E-state index contributed by atoms with van der Waals surface area (Å²) >= 11 is 3.55. The van der Waals surface area contributed by atoms with E-state index in [4.69, 9.17) is 0 Å². The van der Waals surface area contributed by atoms with Gasteiger partial charge in [0.2, 0.25) is 0 Å². The van der Waals surface area contributed by atoms with Gasteiger partial charge in [-0.1, -0.05) is 40.2 Å². The highest BCUT2D eigenvalue weighted by Gasteiger charge is 2.36. The molecule has 0 spiro atoms. The minimum absolute atomic E-state index is 0.394. The Balaban J connectivity index is 1.97. The number of para-hydroxylation sites is 1. The molecule has 0 bridgehead atoms. The quantitative estimate of drug-likeness (QED) is 0.692. The summed E-state index contributed by atoms with van der Waals surface area (Å²) in [4.78, 5) is 2.38. The van der Waals surface area contributed by atoms with E-state index >= 15 is 0 Å². The molecule has 0 aromatic heterocycles. The van der Waals surface area contributed by atoms with E-state index in [1.807, 2.05) is 0 Å². The number of anilines is 1. The first-order valence-electron chi connectivity index (χ1n) is 6.09. The van der Waals surface area contributed by atoms with Crippen LogP contribution < -0.4 is 4.90 Å². The molecule has 1 aliphatic heterocycles. The molecule has 88 valence electrons. The Morgan fingerprint density at radius 3 is 2.83 bits per heavy atom. The number of likely N-dealkylation sites (N-methyl/N-ethyl adjacent to an activating group) is 1. The van der Waals surface area contributed by atoms with Crippen molar-refractivity contribution in [2.75, 3.05) is 11.9 Å². The van der Waals surface area contributed by atoms with Crippen LogP contribution >= 0.6 is 15.9 Å². The fourth-order valence-electron chi connectivity index (χ4n) is 3.14. The predicted octanol–water partition coefficient (Wildman–Crippen LogP) is 4.49. The summed E-state index contributed by atoms with van der Waals surface area (Å²) in [5.74, 6) is 0. The van der Waals surface area contributed by atoms with Gasteiger partial charge in [-0.3, -0.25) is 0 Å². The van der Waals surface area contributed by atoms with Gasteiger partial charge in [0, 0.05) is 22.8 Å². The maximum atomic E-state index is 3.55. The van der Waals surface area contributed by atoms with Crippen LogP contribution in [0, 0.1) is 0 Å². The van der Waals surface area contributed by atoms with Crippen molar-refractivity contribution in [2.24, 2.45) is 0 Å². The molecule has 0 radical (unpaired) electrons. The van der Waals surface area contributed by atoms with Gasteiger partial charge >= 0.3 is 0 Å². The van der Waals surface area contributed by atoms with Gasteiger partial charge in [0.1, 0.15) is 0 Å². The topological polar surface area (TPSA) is 3.24 Å². The van der Waals surface area contributed by atoms with Crippen molar-refractivity contribution >= 4 is 33.3 Å². The van der Waals surface area contributed by atoms with Gasteiger partial charge in [0.15, 0.2) is 0 Å². The van der Waals surface area contributed by atoms with Crippen LogP contribution in [-0.4, -0.2) is 7.05 Å². The van der Waals surface area contributed by atoms with Crippen LogP contribution in [0.25, 0.3) is 11.6 Å². The molecule has 2 heteroatoms. The Hall–Kier alpha value is -1.54. The van der Waals surface area contributed by atoms with Gasteiger partial charge < -0.3 is 4.90 Å². The van der Waals surface area contributed by atoms with E-state index in [1.54, 1.807) is 0 Å². The predicted molar refractivity (Wildman–Crippen MR) is 79.6 cm³/mol. The number of fused-ring (bicyclic) bond motifs is 5. The molecule has 2 aromatic carbocycles. The summed E-state index contributed by atoms with van der Waals surface area (Å²) in [5.41, 5.74) is 6.89. The Morgan fingerprint density at radius 1 is 1.11 bits per heavy atom. The normalized spacial score (nSPS) is 19.3. The first-order chi connectivity index (χ1) is 8.75. The fraction of sp³-hybridized carbons (Fsp3) is 0.125. The van der Waals surface area contributed by atoms with Crippen LogP contribution in [0.2, 0.25) is 0 Å². The number of benzene rings is 2. The number of hydrogen-bond donors (Lipinski definition) is 0. The summed E-state index contributed by atoms with van der Waals surface area (Å²) in [7, 11) is 2.18. The number of nitrogens with zero attached hydrogens (tertiary/aromatic N) is 1. The summed E-state index contributed by atoms with van der Waals surface area (Å²) in [6.45, 7) is 0. The minimum atomic E-state index is 0.394. The first kappa shape index (κ1) is 10.4. The smallest absolute Gasteiger partial charge is 0.0805 e. The van der Waals surface area contributed by atoms with Crippen LogP contribution in [-0.2, 0) is 0 Å². The van der Waals surface area contributed by atoms with Crippen LogP contribution in [0.3, 0.4) is 0 Å². The molecule has 0 amide bonds. The molecule has 0 N–H and O–H groups in total. The lowest BCUT2D eigenvalue weighted by Gasteiger charge is -2.22. The molecule has 1 heterocycles. The van der Waals surface area contributed by atoms with Crippen LogP contribution in [0.15, 0.2) is 46.9 Å². The summed E-state index contributed by atoms with van der Waals surface area (Å²) in [6.07, 6.45) is 2.33. The van der Waals surface area contributed by atoms with E-state index in [0.29, 0.717) is 6.04 Å². The maximum absolute atomic E-state index is 3.55. The molecule has 4 rings (SSSR count). The van der Waals surface area contributed by atoms with E-state index in [9.17, 15) is 0 Å². The SMILES string of the molecule is CN1c2ccccc2C2=Cc3cc(Br)ccc3C21. The van der Waals surface area contributed by atoms with E-state index in [1.165, 1.54) is 28.0 Å². The Morgan fingerprint density at radius 2 is 1.94 bits per heavy atom. The summed E-state index contributed by atoms with van der Waals surface area (Å²) in [6, 6.07) is 15.6. The standard InChI is InChI=1S/C16H12BrN/c1-18-15-5-3-2-4-13(15)14-9-10-8-11(17)6-7-12(10)16(14)18/h2-9,16H,1H3. The lowest BCUT2D eigenvalue weighted by molar-refractivity contribution is 0.869. The monoisotopic (exact) mass is 297 g/mol. The van der Waals surface area contributed by atoms with Crippen LogP contribution in [0.1, 0.15) is 22.7 Å². The highest BCUT2D eigenvalue weighted by Crippen LogP contribution is 2.52. The molecule has 0 fully saturated rings. The van der Waals surface area contributed by atoms with E-state index in [-0.39, 0.29) is 0 Å². The van der Waals surface area contributed by atoms with Crippen molar-refractivity contribution < 1.29 is 0 Å². The van der Waals surface area contributed by atoms with E-state index in [2.05, 4.69) is 76.4 Å². The molecule has 2 aromatic rings. The number of hydrogen-bond acceptors (Lipinski definition) is 1. The molecule has 18 heavy (non-hydrogen) atoms. The number of rotatable bonds is 0. The lowest BCUT2D eigenvalue weighted by atomic mass is 10.0. The van der Waals surface area contributed by atoms with Crippen LogP contribution in [0.5, 0.6) is 0 Å². The van der Waals surface area contributed by atoms with Crippen LogP contribution in [0.4, 0.5) is 5.69 Å². The van der Waals surface area contributed by atoms with Crippen molar-refractivity contribution in [1.82, 2.24) is 0 Å². The highest BCUT2D eigenvalue weighted by atomic mass is 79.9. The second-order valence-corrected chi connectivity index (χ2v) is 5.82. The third kappa shape index (κ3) is 1.21. The minimum Gasteiger partial charge on any atom is -0.363 e. The molecule has 2 aliphatic rings. The Kier molecular flexibility index (Phi) is 2.01. The third-order valence-corrected chi connectivity index (χ3v) is 4.42. The van der Waals surface area contributed by atoms with Gasteiger partial charge in [-0.05, 0) is 41.0 Å². The molecule has 1 unspecified atom stereocenters. The average molecular weight is 298 g/mol. The number of halogens is 1. The van der Waals surface area contributed by atoms with Crippen molar-refractivity contribution in [1.29, 1.82) is 0 Å². The second kappa shape index (κ2) is 3.48. The average Bonchev–Trinajstić information content (AvgIpc) is 2.87. The zero-order chi connectivity index (χ0) is 12.3. The maximum Gasteiger partial charge on any atom is 0.0805 e. The Labute approximate surface area is 115 Å². The molecule has 0 saturated carbocycles. The van der Waals surface area contributed by atoms with Gasteiger partial charge in [-0.15, -0.1) is 0 Å². The van der Waals surface area contributed by atoms with E-state index in [0.717, 1.165) is 4.47 Å². The molecule has 1 atom stereocenters. The molecule has 1 aliphatic carbocycles. The van der Waals surface area contributed by atoms with E-state index < -0.39 is 0 Å². The molecular weight excluding hydrogens is 286 g/mol. The first-order valence-corrected chi connectivity index (χ1v) is 6.88. The zero-order valence-corrected chi connectivity index (χ0v) is 11.6. The summed E-state index contributed by atoms with van der Waals surface area (Å²) in [5, 5.41) is 0. The third-order valence-electron chi connectivity index (χ3n) is 3.93. The second-order valence-electron chi connectivity index (χ2n) is 4.90. The van der Waals surface area contributed by atoms with Gasteiger partial charge in [0.05, 0.1) is 6.04 Å². The fourth-order valence-corrected chi connectivity index (χ4v) is 3.52. The largest absolute Gasteiger partial charge is 0.363 e. The summed E-state index contributed by atoms with van der Waals surface area (Å²) < 4.78 is 1.15. The van der Waals surface area contributed by atoms with Crippen molar-refractivity contribution in [3.63, 3.8) is 0 Å². The van der Waals surface area contributed by atoms with Gasteiger partial charge in [-0.25, -0.2) is 0 Å². The molecular formula is C16H12BrN. The molecule has 1 nitrogen and oxygen atoms in total. The van der Waals surface area contributed by atoms with Crippen molar-refractivity contribution in [3.05, 3.63) is 63.6 Å². The lowest BCUT2D eigenvalue weighted by Crippen LogP contribution is -2.18.